The highest BCUT2D eigenvalue weighted by Crippen LogP contribution is 2.34. The van der Waals surface area contributed by atoms with Crippen LogP contribution in [0.3, 0.4) is 0 Å². The van der Waals surface area contributed by atoms with Crippen molar-refractivity contribution < 1.29 is 19.0 Å². The molecular weight excluding hydrogens is 411 g/mol. The van der Waals surface area contributed by atoms with Crippen LogP contribution in [0.5, 0.6) is 5.88 Å². The van der Waals surface area contributed by atoms with Gasteiger partial charge >= 0.3 is 5.97 Å². The second-order valence-electron chi connectivity index (χ2n) is 6.97. The number of aromatic nitrogens is 2. The van der Waals surface area contributed by atoms with Gasteiger partial charge in [0.2, 0.25) is 5.88 Å². The fourth-order valence-corrected chi connectivity index (χ4v) is 4.70. The Morgan fingerprint density at radius 3 is 2.66 bits per heavy atom. The number of aliphatic carboxylic acids is 1. The number of hydrogen-bond donors (Lipinski definition) is 1. The SMILES string of the molecule is Cc1cc(-c2ccc(F)cc2)cnc1OCCc1csc(SC(C)(C)C(=O)O)n1. The van der Waals surface area contributed by atoms with Gasteiger partial charge in [0, 0.05) is 29.1 Å². The van der Waals surface area contributed by atoms with Crippen molar-refractivity contribution in [3.8, 4) is 17.0 Å². The van der Waals surface area contributed by atoms with Crippen molar-refractivity contribution in [1.82, 2.24) is 9.97 Å². The minimum absolute atomic E-state index is 0.270. The topological polar surface area (TPSA) is 72.3 Å². The summed E-state index contributed by atoms with van der Waals surface area (Å²) in [5.41, 5.74) is 3.55. The van der Waals surface area contributed by atoms with Crippen LogP contribution < -0.4 is 4.74 Å². The molecule has 3 aromatic rings. The van der Waals surface area contributed by atoms with Gasteiger partial charge in [0.15, 0.2) is 4.34 Å². The van der Waals surface area contributed by atoms with Gasteiger partial charge in [-0.15, -0.1) is 11.3 Å². The quantitative estimate of drug-likeness (QED) is 0.492. The number of hydrogen-bond acceptors (Lipinski definition) is 6. The number of aryl methyl sites for hydroxylation is 1. The Labute approximate surface area is 177 Å². The Morgan fingerprint density at radius 1 is 1.28 bits per heavy atom. The number of halogens is 1. The van der Waals surface area contributed by atoms with Crippen LogP contribution >= 0.6 is 23.1 Å². The number of ether oxygens (including phenoxy) is 1. The van der Waals surface area contributed by atoms with E-state index in [0.29, 0.717) is 18.9 Å². The fraction of sp³-hybridized carbons (Fsp3) is 0.286. The molecule has 0 saturated heterocycles. The van der Waals surface area contributed by atoms with Gasteiger partial charge in [-0.1, -0.05) is 23.9 Å². The lowest BCUT2D eigenvalue weighted by Gasteiger charge is -2.15. The molecule has 2 aromatic heterocycles. The Hall–Kier alpha value is -2.45. The first-order valence-corrected chi connectivity index (χ1v) is 10.7. The Morgan fingerprint density at radius 2 is 2.00 bits per heavy atom. The number of carbonyl (C=O) groups is 1. The number of benzene rings is 1. The van der Waals surface area contributed by atoms with Crippen molar-refractivity contribution in [3.05, 3.63) is 59.0 Å². The number of nitrogens with zero attached hydrogens (tertiary/aromatic N) is 2. The summed E-state index contributed by atoms with van der Waals surface area (Å²) in [6.07, 6.45) is 2.31. The van der Waals surface area contributed by atoms with Gasteiger partial charge in [-0.25, -0.2) is 14.4 Å². The van der Waals surface area contributed by atoms with E-state index in [4.69, 9.17) is 4.74 Å². The summed E-state index contributed by atoms with van der Waals surface area (Å²) in [4.78, 5) is 20.1. The van der Waals surface area contributed by atoms with Crippen molar-refractivity contribution in [2.45, 2.75) is 36.3 Å². The highest BCUT2D eigenvalue weighted by atomic mass is 32.2. The Bertz CT molecular complexity index is 1000. The standard InChI is InChI=1S/C21H21FN2O3S2/c1-13-10-15(14-4-6-16(22)7-5-14)11-23-18(13)27-9-8-17-12-28-20(24-17)29-21(2,3)19(25)26/h4-7,10-12H,8-9H2,1-3H3,(H,25,26). The number of carboxylic acid groups (broad SMARTS) is 1. The molecule has 3 rings (SSSR count). The summed E-state index contributed by atoms with van der Waals surface area (Å²) in [5, 5.41) is 11.1. The smallest absolute Gasteiger partial charge is 0.319 e. The number of rotatable bonds is 8. The van der Waals surface area contributed by atoms with Crippen LogP contribution in [0.15, 0.2) is 46.2 Å². The van der Waals surface area contributed by atoms with Crippen molar-refractivity contribution >= 4 is 29.1 Å². The highest BCUT2D eigenvalue weighted by molar-refractivity contribution is 8.02. The van der Waals surface area contributed by atoms with Gasteiger partial charge in [0.1, 0.15) is 10.6 Å². The molecule has 0 aliphatic heterocycles. The molecule has 0 atom stereocenters. The highest BCUT2D eigenvalue weighted by Gasteiger charge is 2.29. The number of thiazole rings is 1. The van der Waals surface area contributed by atoms with Gasteiger partial charge in [0.05, 0.1) is 12.3 Å². The molecule has 1 aromatic carbocycles. The largest absolute Gasteiger partial charge is 0.480 e. The van der Waals surface area contributed by atoms with Crippen LogP contribution in [0.2, 0.25) is 0 Å². The average Bonchev–Trinajstić information content (AvgIpc) is 3.10. The monoisotopic (exact) mass is 432 g/mol. The third-order valence-electron chi connectivity index (χ3n) is 4.19. The third kappa shape index (κ3) is 5.55. The molecule has 0 fully saturated rings. The predicted octanol–water partition coefficient (Wildman–Crippen LogP) is 5.23. The second kappa shape index (κ2) is 8.92. The zero-order valence-electron chi connectivity index (χ0n) is 16.3. The molecule has 0 spiro atoms. The van der Waals surface area contributed by atoms with Crippen LogP contribution in [-0.4, -0.2) is 32.4 Å². The predicted molar refractivity (Wildman–Crippen MR) is 113 cm³/mol. The summed E-state index contributed by atoms with van der Waals surface area (Å²) in [6, 6.07) is 8.24. The molecule has 0 amide bonds. The zero-order valence-corrected chi connectivity index (χ0v) is 17.9. The van der Waals surface area contributed by atoms with E-state index in [2.05, 4.69) is 9.97 Å². The molecule has 29 heavy (non-hydrogen) atoms. The lowest BCUT2D eigenvalue weighted by molar-refractivity contribution is -0.138. The van der Waals surface area contributed by atoms with E-state index in [9.17, 15) is 14.3 Å². The summed E-state index contributed by atoms with van der Waals surface area (Å²) < 4.78 is 18.7. The van der Waals surface area contributed by atoms with E-state index >= 15 is 0 Å². The lowest BCUT2D eigenvalue weighted by Crippen LogP contribution is -2.26. The molecule has 8 heteroatoms. The van der Waals surface area contributed by atoms with Gasteiger partial charge in [0.25, 0.3) is 0 Å². The van der Waals surface area contributed by atoms with Crippen molar-refractivity contribution in [2.75, 3.05) is 6.61 Å². The second-order valence-corrected chi connectivity index (χ2v) is 9.70. The van der Waals surface area contributed by atoms with Crippen LogP contribution in [0.1, 0.15) is 25.1 Å². The van der Waals surface area contributed by atoms with E-state index < -0.39 is 10.7 Å². The van der Waals surface area contributed by atoms with Crippen LogP contribution in [0.25, 0.3) is 11.1 Å². The molecule has 0 aliphatic carbocycles. The molecule has 0 aliphatic rings. The molecule has 5 nitrogen and oxygen atoms in total. The minimum Gasteiger partial charge on any atom is -0.480 e. The molecule has 152 valence electrons. The first kappa shape index (κ1) is 21.3. The van der Waals surface area contributed by atoms with Crippen molar-refractivity contribution in [2.24, 2.45) is 0 Å². The van der Waals surface area contributed by atoms with Crippen LogP contribution in [0, 0.1) is 12.7 Å². The fourth-order valence-electron chi connectivity index (χ4n) is 2.48. The Kier molecular flexibility index (Phi) is 6.54. The molecule has 0 unspecified atom stereocenters. The third-order valence-corrected chi connectivity index (χ3v) is 6.37. The van der Waals surface area contributed by atoms with Crippen molar-refractivity contribution in [1.29, 1.82) is 0 Å². The van der Waals surface area contributed by atoms with E-state index in [1.165, 1.54) is 35.2 Å². The molecule has 0 radical (unpaired) electrons. The number of carboxylic acids is 1. The zero-order chi connectivity index (χ0) is 21.0. The molecule has 0 bridgehead atoms. The maximum absolute atomic E-state index is 13.1. The normalized spacial score (nSPS) is 11.4. The van der Waals surface area contributed by atoms with Gasteiger partial charge in [-0.05, 0) is 44.5 Å². The van der Waals surface area contributed by atoms with Gasteiger partial charge in [-0.3, -0.25) is 4.79 Å². The summed E-state index contributed by atoms with van der Waals surface area (Å²) in [6.45, 7) is 5.66. The molecule has 0 saturated carbocycles. The maximum Gasteiger partial charge on any atom is 0.319 e. The first-order valence-electron chi connectivity index (χ1n) is 8.97. The van der Waals surface area contributed by atoms with Crippen LogP contribution in [-0.2, 0) is 11.2 Å². The lowest BCUT2D eigenvalue weighted by atomic mass is 10.1. The molecule has 1 N–H and O–H groups in total. The van der Waals surface area contributed by atoms with E-state index in [1.54, 1.807) is 32.2 Å². The number of pyridine rings is 1. The van der Waals surface area contributed by atoms with Gasteiger partial charge in [-0.2, -0.15) is 0 Å². The minimum atomic E-state index is -0.918. The van der Waals surface area contributed by atoms with E-state index in [0.717, 1.165) is 26.7 Å². The maximum atomic E-state index is 13.1. The first-order chi connectivity index (χ1) is 13.7. The summed E-state index contributed by atoms with van der Waals surface area (Å²) in [7, 11) is 0. The van der Waals surface area contributed by atoms with Crippen molar-refractivity contribution in [3.63, 3.8) is 0 Å². The Balaban J connectivity index is 1.57. The van der Waals surface area contributed by atoms with Gasteiger partial charge < -0.3 is 9.84 Å². The van der Waals surface area contributed by atoms with Crippen LogP contribution in [0.4, 0.5) is 4.39 Å². The average molecular weight is 433 g/mol. The molecule has 2 heterocycles. The van der Waals surface area contributed by atoms with E-state index in [1.807, 2.05) is 18.4 Å². The number of thioether (sulfide) groups is 1. The summed E-state index contributed by atoms with van der Waals surface area (Å²) in [5.74, 6) is -0.588. The molecular formula is C21H21FN2O3S2. The van der Waals surface area contributed by atoms with E-state index in [-0.39, 0.29) is 5.82 Å². The summed E-state index contributed by atoms with van der Waals surface area (Å²) >= 11 is 2.67.